The van der Waals surface area contributed by atoms with Gasteiger partial charge in [0.15, 0.2) is 0 Å². The molecule has 0 saturated carbocycles. The highest BCUT2D eigenvalue weighted by atomic mass is 32.1. The van der Waals surface area contributed by atoms with Crippen LogP contribution in [0.4, 0.5) is 0 Å². The smallest absolute Gasteiger partial charge is 0.264 e. The molecular formula is C15H21N3O2S. The lowest BCUT2D eigenvalue weighted by atomic mass is 10.2. The van der Waals surface area contributed by atoms with Gasteiger partial charge in [-0.1, -0.05) is 13.8 Å². The SMILES string of the molecule is CCCN(CCC)C(=O)c1sc2ncn(C)c(=O)c2c1C. The number of nitrogens with zero attached hydrogens (tertiary/aromatic N) is 3. The van der Waals surface area contributed by atoms with Gasteiger partial charge in [-0.3, -0.25) is 9.59 Å². The van der Waals surface area contributed by atoms with Gasteiger partial charge in [0.05, 0.1) is 16.6 Å². The van der Waals surface area contributed by atoms with Crippen LogP contribution < -0.4 is 5.56 Å². The van der Waals surface area contributed by atoms with Crippen LogP contribution in [0.2, 0.25) is 0 Å². The van der Waals surface area contributed by atoms with Gasteiger partial charge in [0.2, 0.25) is 0 Å². The highest BCUT2D eigenvalue weighted by molar-refractivity contribution is 7.20. The standard InChI is InChI=1S/C15H21N3O2S/c1-5-7-18(8-6-2)15(20)12-10(3)11-13(21-12)16-9-17(4)14(11)19/h9H,5-8H2,1-4H3. The molecule has 0 atom stereocenters. The van der Waals surface area contributed by atoms with Crippen LogP contribution in [0.25, 0.3) is 10.2 Å². The number of hydrogen-bond donors (Lipinski definition) is 0. The van der Waals surface area contributed by atoms with Crippen LogP contribution in [0.1, 0.15) is 41.9 Å². The first-order chi connectivity index (χ1) is 10.0. The van der Waals surface area contributed by atoms with Crippen LogP contribution in [0.3, 0.4) is 0 Å². The van der Waals surface area contributed by atoms with Crippen LogP contribution in [-0.2, 0) is 7.05 Å². The van der Waals surface area contributed by atoms with Crippen LogP contribution in [-0.4, -0.2) is 33.4 Å². The van der Waals surface area contributed by atoms with E-state index in [-0.39, 0.29) is 11.5 Å². The summed E-state index contributed by atoms with van der Waals surface area (Å²) in [5.41, 5.74) is 0.663. The summed E-state index contributed by atoms with van der Waals surface area (Å²) < 4.78 is 1.45. The Morgan fingerprint density at radius 3 is 2.52 bits per heavy atom. The Morgan fingerprint density at radius 1 is 1.33 bits per heavy atom. The summed E-state index contributed by atoms with van der Waals surface area (Å²) in [6.45, 7) is 7.44. The maximum atomic E-state index is 12.7. The Labute approximate surface area is 128 Å². The van der Waals surface area contributed by atoms with E-state index in [9.17, 15) is 9.59 Å². The van der Waals surface area contributed by atoms with E-state index in [4.69, 9.17) is 0 Å². The Hall–Kier alpha value is -1.69. The maximum Gasteiger partial charge on any atom is 0.264 e. The van der Waals surface area contributed by atoms with Crippen molar-refractivity contribution in [3.8, 4) is 0 Å². The first-order valence-electron chi connectivity index (χ1n) is 7.25. The second-order valence-electron chi connectivity index (χ2n) is 5.19. The summed E-state index contributed by atoms with van der Waals surface area (Å²) in [6.07, 6.45) is 3.36. The molecule has 0 N–H and O–H groups in total. The second kappa shape index (κ2) is 6.39. The molecule has 2 aromatic rings. The predicted molar refractivity (Wildman–Crippen MR) is 86.1 cm³/mol. The number of amides is 1. The third kappa shape index (κ3) is 2.85. The van der Waals surface area contributed by atoms with Gasteiger partial charge < -0.3 is 9.47 Å². The monoisotopic (exact) mass is 307 g/mol. The minimum absolute atomic E-state index is 0.0150. The molecule has 0 aromatic carbocycles. The summed E-state index contributed by atoms with van der Waals surface area (Å²) in [5, 5.41) is 0.571. The molecular weight excluding hydrogens is 286 g/mol. The van der Waals surface area contributed by atoms with E-state index < -0.39 is 0 Å². The molecule has 114 valence electrons. The van der Waals surface area contributed by atoms with Gasteiger partial charge in [0, 0.05) is 20.1 Å². The van der Waals surface area contributed by atoms with Crippen LogP contribution in [0, 0.1) is 6.92 Å². The molecule has 21 heavy (non-hydrogen) atoms. The fraction of sp³-hybridized carbons (Fsp3) is 0.533. The van der Waals surface area contributed by atoms with E-state index in [1.54, 1.807) is 7.05 Å². The zero-order valence-electron chi connectivity index (χ0n) is 13.0. The molecule has 0 aliphatic heterocycles. The lowest BCUT2D eigenvalue weighted by Crippen LogP contribution is -2.32. The zero-order valence-corrected chi connectivity index (χ0v) is 13.8. The quantitative estimate of drug-likeness (QED) is 0.853. The van der Waals surface area contributed by atoms with Crippen molar-refractivity contribution < 1.29 is 4.79 Å². The number of fused-ring (bicyclic) bond motifs is 1. The molecule has 2 heterocycles. The topological polar surface area (TPSA) is 55.2 Å². The lowest BCUT2D eigenvalue weighted by Gasteiger charge is -2.21. The average Bonchev–Trinajstić information content (AvgIpc) is 2.80. The Bertz CT molecular complexity index is 712. The molecule has 0 aliphatic rings. The molecule has 0 unspecified atom stereocenters. The van der Waals surface area contributed by atoms with Gasteiger partial charge >= 0.3 is 0 Å². The van der Waals surface area contributed by atoms with Gasteiger partial charge in [-0.05, 0) is 25.3 Å². The normalized spacial score (nSPS) is 11.0. The predicted octanol–water partition coefficient (Wildman–Crippen LogP) is 2.57. The molecule has 0 aliphatic carbocycles. The number of aromatic nitrogens is 2. The summed E-state index contributed by atoms with van der Waals surface area (Å²) in [4.78, 5) is 32.3. The Morgan fingerprint density at radius 2 is 1.95 bits per heavy atom. The van der Waals surface area contributed by atoms with Crippen molar-refractivity contribution in [3.63, 3.8) is 0 Å². The van der Waals surface area contributed by atoms with Crippen molar-refractivity contribution in [1.82, 2.24) is 14.5 Å². The largest absolute Gasteiger partial charge is 0.338 e. The minimum atomic E-state index is -0.0923. The third-order valence-corrected chi connectivity index (χ3v) is 4.67. The van der Waals surface area contributed by atoms with E-state index in [0.717, 1.165) is 31.5 Å². The number of carbonyl (C=O) groups is 1. The van der Waals surface area contributed by atoms with Crippen molar-refractivity contribution in [2.45, 2.75) is 33.6 Å². The van der Waals surface area contributed by atoms with Gasteiger partial charge in [-0.2, -0.15) is 0 Å². The van der Waals surface area contributed by atoms with Crippen LogP contribution in [0.5, 0.6) is 0 Å². The van der Waals surface area contributed by atoms with Crippen molar-refractivity contribution in [2.75, 3.05) is 13.1 Å². The van der Waals surface area contributed by atoms with Gasteiger partial charge in [0.1, 0.15) is 4.83 Å². The molecule has 2 aromatic heterocycles. The molecule has 1 amide bonds. The highest BCUT2D eigenvalue weighted by Gasteiger charge is 2.22. The molecule has 0 radical (unpaired) electrons. The number of rotatable bonds is 5. The lowest BCUT2D eigenvalue weighted by molar-refractivity contribution is 0.0760. The number of hydrogen-bond acceptors (Lipinski definition) is 4. The molecule has 0 bridgehead atoms. The molecule has 6 heteroatoms. The average molecular weight is 307 g/mol. The Kier molecular flexibility index (Phi) is 4.77. The van der Waals surface area contributed by atoms with E-state index in [0.29, 0.717) is 15.1 Å². The summed E-state index contributed by atoms with van der Waals surface area (Å²) in [7, 11) is 1.67. The van der Waals surface area contributed by atoms with Crippen molar-refractivity contribution >= 4 is 27.5 Å². The highest BCUT2D eigenvalue weighted by Crippen LogP contribution is 2.28. The molecule has 0 spiro atoms. The zero-order chi connectivity index (χ0) is 15.6. The summed E-state index contributed by atoms with van der Waals surface area (Å²) >= 11 is 1.32. The van der Waals surface area contributed by atoms with E-state index in [1.165, 1.54) is 22.2 Å². The molecule has 5 nitrogen and oxygen atoms in total. The second-order valence-corrected chi connectivity index (χ2v) is 6.19. The van der Waals surface area contributed by atoms with Crippen LogP contribution in [0.15, 0.2) is 11.1 Å². The Balaban J connectivity index is 2.51. The first kappa shape index (κ1) is 15.7. The molecule has 0 fully saturated rings. The fourth-order valence-electron chi connectivity index (χ4n) is 2.41. The van der Waals surface area contributed by atoms with Gasteiger partial charge in [0.25, 0.3) is 11.5 Å². The fourth-order valence-corrected chi connectivity index (χ4v) is 3.52. The van der Waals surface area contributed by atoms with E-state index in [1.807, 2.05) is 11.8 Å². The first-order valence-corrected chi connectivity index (χ1v) is 8.06. The number of thiophene rings is 1. The summed E-state index contributed by atoms with van der Waals surface area (Å²) in [5.74, 6) is 0.0150. The van der Waals surface area contributed by atoms with Crippen LogP contribution >= 0.6 is 11.3 Å². The van der Waals surface area contributed by atoms with Crippen molar-refractivity contribution in [1.29, 1.82) is 0 Å². The van der Waals surface area contributed by atoms with Gasteiger partial charge in [-0.25, -0.2) is 4.98 Å². The third-order valence-electron chi connectivity index (χ3n) is 3.48. The molecule has 2 rings (SSSR count). The van der Waals surface area contributed by atoms with E-state index >= 15 is 0 Å². The van der Waals surface area contributed by atoms with Crippen molar-refractivity contribution in [2.24, 2.45) is 7.05 Å². The molecule has 0 saturated heterocycles. The maximum absolute atomic E-state index is 12.7. The van der Waals surface area contributed by atoms with Gasteiger partial charge in [-0.15, -0.1) is 11.3 Å². The summed E-state index contributed by atoms with van der Waals surface area (Å²) in [6, 6.07) is 0. The number of aryl methyl sites for hydroxylation is 2. The van der Waals surface area contributed by atoms with Crippen molar-refractivity contribution in [3.05, 3.63) is 27.1 Å². The minimum Gasteiger partial charge on any atom is -0.338 e. The number of carbonyl (C=O) groups excluding carboxylic acids is 1. The van der Waals surface area contributed by atoms with E-state index in [2.05, 4.69) is 18.8 Å².